The van der Waals surface area contributed by atoms with E-state index in [-0.39, 0.29) is 49.0 Å². The second-order valence-corrected chi connectivity index (χ2v) is 11.3. The van der Waals surface area contributed by atoms with Gasteiger partial charge >= 0.3 is 0 Å². The van der Waals surface area contributed by atoms with Gasteiger partial charge in [0.05, 0.1) is 11.4 Å². The molecule has 0 radical (unpaired) electrons. The number of nitrogens with zero attached hydrogens (tertiary/aromatic N) is 2. The third kappa shape index (κ3) is 6.30. The van der Waals surface area contributed by atoms with Crippen molar-refractivity contribution in [1.29, 1.82) is 0 Å². The minimum atomic E-state index is -0.892. The van der Waals surface area contributed by atoms with E-state index in [4.69, 9.17) is 0 Å². The van der Waals surface area contributed by atoms with Crippen molar-refractivity contribution in [1.82, 2.24) is 10.2 Å². The standard InChI is InChI=1S/C33H37FN4O4/c1-4-30(40)36-31-20(2)26-8-6-5-7-24(26)19-28(31)37-15-16-38(29(33(37)42)18-23-9-10-23)32(41)27(35-21(3)39)17-22-11-13-25(34)14-12-22/h5-8,11-14,19,23,27,29H,4,9-10,15-18H2,1-3H3,(H,35,39)(H,36,40). The lowest BCUT2D eigenvalue weighted by Gasteiger charge is -2.42. The summed E-state index contributed by atoms with van der Waals surface area (Å²) in [6.45, 7) is 5.58. The van der Waals surface area contributed by atoms with Crippen molar-refractivity contribution in [2.45, 2.75) is 65.0 Å². The van der Waals surface area contributed by atoms with Gasteiger partial charge < -0.3 is 20.4 Å². The lowest BCUT2D eigenvalue weighted by molar-refractivity contribution is -0.144. The van der Waals surface area contributed by atoms with Gasteiger partial charge in [0.2, 0.25) is 23.6 Å². The van der Waals surface area contributed by atoms with Crippen molar-refractivity contribution < 1.29 is 23.6 Å². The summed E-state index contributed by atoms with van der Waals surface area (Å²) in [5.74, 6) is -1.07. The number of halogens is 1. The normalized spacial score (nSPS) is 17.7. The van der Waals surface area contributed by atoms with Crippen LogP contribution in [0, 0.1) is 18.7 Å². The van der Waals surface area contributed by atoms with E-state index in [9.17, 15) is 23.6 Å². The summed E-state index contributed by atoms with van der Waals surface area (Å²) in [4.78, 5) is 56.2. The zero-order valence-electron chi connectivity index (χ0n) is 24.3. The largest absolute Gasteiger partial charge is 0.344 e. The lowest BCUT2D eigenvalue weighted by Crippen LogP contribution is -2.62. The molecule has 9 heteroatoms. The minimum absolute atomic E-state index is 0.149. The van der Waals surface area contributed by atoms with Gasteiger partial charge in [0.1, 0.15) is 17.9 Å². The van der Waals surface area contributed by atoms with Crippen LogP contribution in [-0.2, 0) is 25.6 Å². The van der Waals surface area contributed by atoms with Crippen molar-refractivity contribution in [2.24, 2.45) is 5.92 Å². The Morgan fingerprint density at radius 3 is 2.43 bits per heavy atom. The van der Waals surface area contributed by atoms with Gasteiger partial charge in [-0.15, -0.1) is 0 Å². The van der Waals surface area contributed by atoms with E-state index in [1.165, 1.54) is 19.1 Å². The Hall–Kier alpha value is -4.27. The summed E-state index contributed by atoms with van der Waals surface area (Å²) >= 11 is 0. The number of carbonyl (C=O) groups excluding carboxylic acids is 4. The van der Waals surface area contributed by atoms with Crippen LogP contribution in [0.25, 0.3) is 10.8 Å². The first-order valence-electron chi connectivity index (χ1n) is 14.6. The maximum atomic E-state index is 14.3. The number of amides is 4. The molecule has 1 aliphatic carbocycles. The highest BCUT2D eigenvalue weighted by Crippen LogP contribution is 2.40. The van der Waals surface area contributed by atoms with Crippen LogP contribution in [0.15, 0.2) is 54.6 Å². The smallest absolute Gasteiger partial charge is 0.249 e. The monoisotopic (exact) mass is 572 g/mol. The number of hydrogen-bond donors (Lipinski definition) is 2. The van der Waals surface area contributed by atoms with Crippen molar-refractivity contribution in [2.75, 3.05) is 23.3 Å². The van der Waals surface area contributed by atoms with E-state index in [0.717, 1.165) is 29.2 Å². The minimum Gasteiger partial charge on any atom is -0.344 e. The number of carbonyl (C=O) groups is 4. The Balaban J connectivity index is 1.48. The molecule has 1 saturated carbocycles. The van der Waals surface area contributed by atoms with Gasteiger partial charge in [0.25, 0.3) is 0 Å². The number of benzene rings is 3. The molecule has 2 aliphatic rings. The van der Waals surface area contributed by atoms with Crippen LogP contribution in [0.4, 0.5) is 15.8 Å². The van der Waals surface area contributed by atoms with Crippen molar-refractivity contribution in [3.05, 3.63) is 71.5 Å². The molecule has 0 spiro atoms. The Morgan fingerprint density at radius 2 is 1.76 bits per heavy atom. The highest BCUT2D eigenvalue weighted by molar-refractivity contribution is 6.09. The molecule has 2 atom stereocenters. The number of nitrogens with one attached hydrogen (secondary N) is 2. The van der Waals surface area contributed by atoms with Gasteiger partial charge in [-0.2, -0.15) is 0 Å². The Morgan fingerprint density at radius 1 is 1.05 bits per heavy atom. The van der Waals surface area contributed by atoms with Gasteiger partial charge in [0, 0.05) is 32.9 Å². The van der Waals surface area contributed by atoms with Gasteiger partial charge in [-0.3, -0.25) is 19.2 Å². The van der Waals surface area contributed by atoms with Crippen LogP contribution in [0.5, 0.6) is 0 Å². The number of fused-ring (bicyclic) bond motifs is 1. The molecular weight excluding hydrogens is 535 g/mol. The van der Waals surface area contributed by atoms with Crippen molar-refractivity contribution in [3.63, 3.8) is 0 Å². The molecule has 2 N–H and O–H groups in total. The van der Waals surface area contributed by atoms with E-state index in [1.54, 1.807) is 28.9 Å². The third-order valence-electron chi connectivity index (χ3n) is 8.22. The molecule has 3 aromatic rings. The molecule has 3 aromatic carbocycles. The number of hydrogen-bond acceptors (Lipinski definition) is 4. The fraction of sp³-hybridized carbons (Fsp3) is 0.394. The van der Waals surface area contributed by atoms with Gasteiger partial charge in [-0.05, 0) is 59.4 Å². The molecule has 1 saturated heterocycles. The van der Waals surface area contributed by atoms with Crippen LogP contribution in [-0.4, -0.2) is 53.7 Å². The molecule has 4 amide bonds. The molecule has 8 nitrogen and oxygen atoms in total. The first-order valence-corrected chi connectivity index (χ1v) is 14.6. The number of anilines is 2. The first-order chi connectivity index (χ1) is 20.2. The van der Waals surface area contributed by atoms with E-state index < -0.39 is 12.1 Å². The quantitative estimate of drug-likeness (QED) is 0.388. The van der Waals surface area contributed by atoms with Crippen LogP contribution < -0.4 is 15.5 Å². The molecule has 220 valence electrons. The topological polar surface area (TPSA) is 98.8 Å². The third-order valence-corrected chi connectivity index (χ3v) is 8.22. The predicted octanol–water partition coefficient (Wildman–Crippen LogP) is 4.73. The highest BCUT2D eigenvalue weighted by atomic mass is 19.1. The zero-order chi connectivity index (χ0) is 30.0. The Bertz CT molecular complexity index is 1520. The van der Waals surface area contributed by atoms with Crippen LogP contribution in [0.3, 0.4) is 0 Å². The van der Waals surface area contributed by atoms with Crippen molar-refractivity contribution >= 4 is 45.8 Å². The van der Waals surface area contributed by atoms with Gasteiger partial charge in [-0.1, -0.05) is 56.2 Å². The number of aryl methyl sites for hydroxylation is 1. The average molecular weight is 573 g/mol. The SMILES string of the molecule is CCC(=O)Nc1c(N2CCN(C(=O)C(Cc3ccc(F)cc3)NC(C)=O)C(CC3CC3)C2=O)cc2ccccc2c1C. The van der Waals surface area contributed by atoms with E-state index in [2.05, 4.69) is 10.6 Å². The fourth-order valence-electron chi connectivity index (χ4n) is 5.80. The second-order valence-electron chi connectivity index (χ2n) is 11.3. The summed E-state index contributed by atoms with van der Waals surface area (Å²) in [5.41, 5.74) is 2.80. The summed E-state index contributed by atoms with van der Waals surface area (Å²) in [5, 5.41) is 7.72. The number of piperazine rings is 1. The predicted molar refractivity (Wildman–Crippen MR) is 161 cm³/mol. The maximum absolute atomic E-state index is 14.3. The van der Waals surface area contributed by atoms with E-state index >= 15 is 0 Å². The summed E-state index contributed by atoms with van der Waals surface area (Å²) in [7, 11) is 0. The lowest BCUT2D eigenvalue weighted by atomic mass is 9.97. The molecule has 1 aliphatic heterocycles. The summed E-state index contributed by atoms with van der Waals surface area (Å²) in [6, 6.07) is 14.0. The molecule has 1 heterocycles. The summed E-state index contributed by atoms with van der Waals surface area (Å²) < 4.78 is 13.5. The van der Waals surface area contributed by atoms with E-state index in [1.807, 2.05) is 37.3 Å². The average Bonchev–Trinajstić information content (AvgIpc) is 3.80. The Labute approximate surface area is 245 Å². The molecular formula is C33H37FN4O4. The Kier molecular flexibility index (Phi) is 8.56. The van der Waals surface area contributed by atoms with Crippen LogP contribution in [0.2, 0.25) is 0 Å². The maximum Gasteiger partial charge on any atom is 0.249 e. The first kappa shape index (κ1) is 29.2. The molecule has 42 heavy (non-hydrogen) atoms. The zero-order valence-corrected chi connectivity index (χ0v) is 24.3. The molecule has 0 aromatic heterocycles. The second kappa shape index (κ2) is 12.3. The van der Waals surface area contributed by atoms with Crippen LogP contribution >= 0.6 is 0 Å². The number of rotatable bonds is 9. The van der Waals surface area contributed by atoms with Crippen molar-refractivity contribution in [3.8, 4) is 0 Å². The van der Waals surface area contributed by atoms with Crippen LogP contribution in [0.1, 0.15) is 50.7 Å². The highest BCUT2D eigenvalue weighted by Gasteiger charge is 2.43. The molecule has 2 unspecified atom stereocenters. The van der Waals surface area contributed by atoms with Gasteiger partial charge in [-0.25, -0.2) is 4.39 Å². The van der Waals surface area contributed by atoms with E-state index in [0.29, 0.717) is 35.7 Å². The summed E-state index contributed by atoms with van der Waals surface area (Å²) in [6.07, 6.45) is 3.02. The van der Waals surface area contributed by atoms with Gasteiger partial charge in [0.15, 0.2) is 0 Å². The fourth-order valence-corrected chi connectivity index (χ4v) is 5.80. The molecule has 5 rings (SSSR count). The molecule has 0 bridgehead atoms. The molecule has 2 fully saturated rings.